The van der Waals surface area contributed by atoms with Gasteiger partial charge in [-0.25, -0.2) is 0 Å². The monoisotopic (exact) mass is 324 g/mol. The summed E-state index contributed by atoms with van der Waals surface area (Å²) in [4.78, 5) is 41.4. The van der Waals surface area contributed by atoms with Crippen LogP contribution in [0.4, 0.5) is 17.1 Å². The summed E-state index contributed by atoms with van der Waals surface area (Å²) in [5.74, 6) is -0.769. The summed E-state index contributed by atoms with van der Waals surface area (Å²) in [5, 5.41) is 5.42. The van der Waals surface area contributed by atoms with E-state index in [2.05, 4.69) is 15.6 Å². The lowest BCUT2D eigenvalue weighted by molar-refractivity contribution is -0.124. The van der Waals surface area contributed by atoms with Crippen molar-refractivity contribution < 1.29 is 14.4 Å². The molecule has 7 nitrogen and oxygen atoms in total. The van der Waals surface area contributed by atoms with Gasteiger partial charge in [0.05, 0.1) is 11.4 Å². The topological polar surface area (TPSA) is 91.4 Å². The Morgan fingerprint density at radius 1 is 1.12 bits per heavy atom. The SMILES string of the molecule is O=C(CCC(=O)N1CC(=O)Nc2ccccc21)Nc1ccncc1. The highest BCUT2D eigenvalue weighted by Gasteiger charge is 2.26. The van der Waals surface area contributed by atoms with Gasteiger partial charge in [-0.15, -0.1) is 0 Å². The Bertz CT molecular complexity index is 776. The number of nitrogens with one attached hydrogen (secondary N) is 2. The van der Waals surface area contributed by atoms with Crippen molar-refractivity contribution in [2.24, 2.45) is 0 Å². The fourth-order valence-electron chi connectivity index (χ4n) is 2.47. The molecule has 0 spiro atoms. The normalized spacial score (nSPS) is 13.0. The number of hydrogen-bond acceptors (Lipinski definition) is 4. The lowest BCUT2D eigenvalue weighted by Gasteiger charge is -2.29. The van der Waals surface area contributed by atoms with Crippen molar-refractivity contribution in [3.8, 4) is 0 Å². The standard InChI is InChI=1S/C17H16N4O3/c22-15(19-12-7-9-18-10-8-12)5-6-17(24)21-11-16(23)20-13-3-1-2-4-14(13)21/h1-4,7-10H,5-6,11H2,(H,20,23)(H,18,19,22). The fourth-order valence-corrected chi connectivity index (χ4v) is 2.47. The number of hydrogen-bond donors (Lipinski definition) is 2. The van der Waals surface area contributed by atoms with Crippen LogP contribution in [0.5, 0.6) is 0 Å². The number of amides is 3. The quantitative estimate of drug-likeness (QED) is 0.897. The molecule has 1 aromatic carbocycles. The first-order chi connectivity index (χ1) is 11.6. The molecular weight excluding hydrogens is 308 g/mol. The number of nitrogens with zero attached hydrogens (tertiary/aromatic N) is 2. The maximum absolute atomic E-state index is 12.4. The number of aromatic nitrogens is 1. The number of carbonyl (C=O) groups is 3. The molecule has 1 aliphatic heterocycles. The molecule has 0 atom stereocenters. The van der Waals surface area contributed by atoms with Gasteiger partial charge in [-0.3, -0.25) is 19.4 Å². The highest BCUT2D eigenvalue weighted by Crippen LogP contribution is 2.29. The Hall–Kier alpha value is -3.22. The summed E-state index contributed by atoms with van der Waals surface area (Å²) in [6.45, 7) is -0.0399. The third kappa shape index (κ3) is 3.57. The first kappa shape index (κ1) is 15.7. The van der Waals surface area contributed by atoms with E-state index in [-0.39, 0.29) is 37.1 Å². The van der Waals surface area contributed by atoms with Crippen molar-refractivity contribution in [1.29, 1.82) is 0 Å². The van der Waals surface area contributed by atoms with Gasteiger partial charge in [0.2, 0.25) is 17.7 Å². The predicted octanol–water partition coefficient (Wildman–Crippen LogP) is 1.79. The minimum Gasteiger partial charge on any atom is -0.326 e. The van der Waals surface area contributed by atoms with Gasteiger partial charge in [0.1, 0.15) is 6.54 Å². The molecule has 2 aromatic rings. The number of benzene rings is 1. The van der Waals surface area contributed by atoms with Crippen LogP contribution in [0.15, 0.2) is 48.8 Å². The summed E-state index contributed by atoms with van der Waals surface area (Å²) in [6.07, 6.45) is 3.22. The van der Waals surface area contributed by atoms with Crippen LogP contribution < -0.4 is 15.5 Å². The number of pyridine rings is 1. The number of rotatable bonds is 4. The highest BCUT2D eigenvalue weighted by molar-refractivity contribution is 6.10. The molecule has 0 saturated carbocycles. The van der Waals surface area contributed by atoms with Crippen molar-refractivity contribution in [3.63, 3.8) is 0 Å². The van der Waals surface area contributed by atoms with Crippen LogP contribution in [-0.4, -0.2) is 29.3 Å². The first-order valence-corrected chi connectivity index (χ1v) is 7.52. The van der Waals surface area contributed by atoms with Gasteiger partial charge in [-0.05, 0) is 24.3 Å². The van der Waals surface area contributed by atoms with Gasteiger partial charge >= 0.3 is 0 Å². The summed E-state index contributed by atoms with van der Waals surface area (Å²) >= 11 is 0. The van der Waals surface area contributed by atoms with Crippen molar-refractivity contribution in [3.05, 3.63) is 48.8 Å². The van der Waals surface area contributed by atoms with E-state index in [4.69, 9.17) is 0 Å². The predicted molar refractivity (Wildman–Crippen MR) is 89.5 cm³/mol. The zero-order valence-electron chi connectivity index (χ0n) is 12.9. The van der Waals surface area contributed by atoms with Crippen molar-refractivity contribution in [2.75, 3.05) is 22.1 Å². The van der Waals surface area contributed by atoms with Crippen LogP contribution in [0.25, 0.3) is 0 Å². The van der Waals surface area contributed by atoms with Crippen LogP contribution in [0.3, 0.4) is 0 Å². The maximum Gasteiger partial charge on any atom is 0.244 e. The first-order valence-electron chi connectivity index (χ1n) is 7.52. The van der Waals surface area contributed by atoms with E-state index < -0.39 is 0 Å². The van der Waals surface area contributed by atoms with Crippen molar-refractivity contribution in [2.45, 2.75) is 12.8 Å². The Balaban J connectivity index is 1.61. The van der Waals surface area contributed by atoms with Gasteiger partial charge in [-0.2, -0.15) is 0 Å². The number of anilines is 3. The van der Waals surface area contributed by atoms with E-state index in [0.29, 0.717) is 17.1 Å². The Labute approximate surface area is 138 Å². The van der Waals surface area contributed by atoms with Crippen LogP contribution >= 0.6 is 0 Å². The molecule has 122 valence electrons. The summed E-state index contributed by atoms with van der Waals surface area (Å²) in [7, 11) is 0. The largest absolute Gasteiger partial charge is 0.326 e. The second-order valence-electron chi connectivity index (χ2n) is 5.33. The van der Waals surface area contributed by atoms with E-state index in [9.17, 15) is 14.4 Å². The summed E-state index contributed by atoms with van der Waals surface area (Å²) in [6, 6.07) is 10.4. The molecule has 3 rings (SSSR count). The van der Waals surface area contributed by atoms with Crippen molar-refractivity contribution >= 4 is 34.8 Å². The molecule has 2 N–H and O–H groups in total. The van der Waals surface area contributed by atoms with Crippen molar-refractivity contribution in [1.82, 2.24) is 4.98 Å². The smallest absolute Gasteiger partial charge is 0.244 e. The second-order valence-corrected chi connectivity index (χ2v) is 5.33. The van der Waals surface area contributed by atoms with E-state index in [1.165, 1.54) is 4.90 Å². The molecule has 0 fully saturated rings. The summed E-state index contributed by atoms with van der Waals surface area (Å²) < 4.78 is 0. The molecule has 0 unspecified atom stereocenters. The molecular formula is C17H16N4O3. The fraction of sp³-hybridized carbons (Fsp3) is 0.176. The summed E-state index contributed by atoms with van der Waals surface area (Å²) in [5.41, 5.74) is 1.88. The van der Waals surface area contributed by atoms with Crippen LogP contribution in [0, 0.1) is 0 Å². The van der Waals surface area contributed by atoms with E-state index >= 15 is 0 Å². The van der Waals surface area contributed by atoms with Crippen LogP contribution in [0.1, 0.15) is 12.8 Å². The van der Waals surface area contributed by atoms with Crippen LogP contribution in [0.2, 0.25) is 0 Å². The molecule has 0 aliphatic carbocycles. The maximum atomic E-state index is 12.4. The Kier molecular flexibility index (Phi) is 4.51. The third-order valence-corrected chi connectivity index (χ3v) is 3.60. The van der Waals surface area contributed by atoms with E-state index in [1.54, 1.807) is 48.8 Å². The molecule has 3 amide bonds. The molecule has 2 heterocycles. The molecule has 24 heavy (non-hydrogen) atoms. The second kappa shape index (κ2) is 6.91. The van der Waals surface area contributed by atoms with Gasteiger partial charge in [0, 0.05) is 30.9 Å². The van der Waals surface area contributed by atoms with Crippen LogP contribution in [-0.2, 0) is 14.4 Å². The molecule has 0 bridgehead atoms. The Morgan fingerprint density at radius 3 is 2.67 bits per heavy atom. The lowest BCUT2D eigenvalue weighted by atomic mass is 10.1. The Morgan fingerprint density at radius 2 is 1.88 bits per heavy atom. The number of fused-ring (bicyclic) bond motifs is 1. The average Bonchev–Trinajstić information content (AvgIpc) is 2.59. The number of para-hydroxylation sites is 2. The van der Waals surface area contributed by atoms with E-state index in [0.717, 1.165) is 0 Å². The minimum atomic E-state index is -0.262. The molecule has 0 radical (unpaired) electrons. The van der Waals surface area contributed by atoms with Gasteiger partial charge < -0.3 is 15.5 Å². The zero-order chi connectivity index (χ0) is 16.9. The van der Waals surface area contributed by atoms with Gasteiger partial charge in [0.15, 0.2) is 0 Å². The van der Waals surface area contributed by atoms with Gasteiger partial charge in [0.25, 0.3) is 0 Å². The average molecular weight is 324 g/mol. The molecule has 7 heteroatoms. The highest BCUT2D eigenvalue weighted by atomic mass is 16.2. The molecule has 1 aromatic heterocycles. The van der Waals surface area contributed by atoms with Gasteiger partial charge in [-0.1, -0.05) is 12.1 Å². The minimum absolute atomic E-state index is 0.0263. The third-order valence-electron chi connectivity index (χ3n) is 3.60. The van der Waals surface area contributed by atoms with E-state index in [1.807, 2.05) is 0 Å². The molecule has 1 aliphatic rings. The lowest BCUT2D eigenvalue weighted by Crippen LogP contribution is -2.42. The molecule has 0 saturated heterocycles. The number of carbonyl (C=O) groups excluding carboxylic acids is 3. The zero-order valence-corrected chi connectivity index (χ0v) is 12.9.